The zero-order valence-corrected chi connectivity index (χ0v) is 11.2. The molecule has 21 heavy (non-hydrogen) atoms. The average molecular weight is 290 g/mol. The van der Waals surface area contributed by atoms with Gasteiger partial charge in [0.15, 0.2) is 23.3 Å². The van der Waals surface area contributed by atoms with Crippen molar-refractivity contribution in [2.75, 3.05) is 7.11 Å². The topological polar surface area (TPSA) is 38.8 Å². The minimum Gasteiger partial charge on any atom is -0.467 e. The second-order valence-electron chi connectivity index (χ2n) is 4.75. The Labute approximate surface area is 120 Å². The first-order valence-electron chi connectivity index (χ1n) is 6.36. The number of epoxide rings is 1. The van der Waals surface area contributed by atoms with E-state index in [0.29, 0.717) is 11.1 Å². The first-order valence-corrected chi connectivity index (χ1v) is 6.36. The van der Waals surface area contributed by atoms with Crippen LogP contribution < -0.4 is 0 Å². The molecule has 0 N–H and O–H groups in total. The summed E-state index contributed by atoms with van der Waals surface area (Å²) in [6.45, 7) is 0. The van der Waals surface area contributed by atoms with E-state index >= 15 is 0 Å². The fourth-order valence-electron chi connectivity index (χ4n) is 2.49. The van der Waals surface area contributed by atoms with Crippen LogP contribution in [0.3, 0.4) is 0 Å². The van der Waals surface area contributed by atoms with Gasteiger partial charge in [0.1, 0.15) is 0 Å². The van der Waals surface area contributed by atoms with Crippen molar-refractivity contribution in [3.63, 3.8) is 0 Å². The molecule has 2 aromatic carbocycles. The number of halogens is 2. The van der Waals surface area contributed by atoms with E-state index < -0.39 is 29.3 Å². The molecule has 1 fully saturated rings. The van der Waals surface area contributed by atoms with E-state index in [1.54, 1.807) is 24.3 Å². The molecule has 2 unspecified atom stereocenters. The number of hydrogen-bond acceptors (Lipinski definition) is 3. The van der Waals surface area contributed by atoms with Crippen molar-refractivity contribution in [3.8, 4) is 0 Å². The molecule has 1 aliphatic rings. The lowest BCUT2D eigenvalue weighted by Gasteiger charge is -2.14. The van der Waals surface area contributed by atoms with Crippen LogP contribution in [-0.2, 0) is 19.9 Å². The lowest BCUT2D eigenvalue weighted by molar-refractivity contribution is -0.142. The summed E-state index contributed by atoms with van der Waals surface area (Å²) in [6, 6.07) is 12.4. The minimum atomic E-state index is -1.12. The first-order chi connectivity index (χ1) is 10.1. The molecule has 3 nitrogen and oxygen atoms in total. The Bertz CT molecular complexity index is 687. The lowest BCUT2D eigenvalue weighted by atomic mass is 9.88. The SMILES string of the molecule is COC(=O)C1OC1(c1ccccc1)c1ccc(F)c(F)c1. The molecule has 2 atom stereocenters. The van der Waals surface area contributed by atoms with E-state index in [0.717, 1.165) is 12.1 Å². The highest BCUT2D eigenvalue weighted by molar-refractivity contribution is 5.81. The molecule has 1 aliphatic heterocycles. The Balaban J connectivity index is 2.10. The number of methoxy groups -OCH3 is 1. The van der Waals surface area contributed by atoms with E-state index in [1.807, 2.05) is 6.07 Å². The van der Waals surface area contributed by atoms with Gasteiger partial charge >= 0.3 is 5.97 Å². The fourth-order valence-corrected chi connectivity index (χ4v) is 2.49. The van der Waals surface area contributed by atoms with Crippen LogP contribution in [0.25, 0.3) is 0 Å². The summed E-state index contributed by atoms with van der Waals surface area (Å²) in [5.41, 5.74) is -0.0579. The van der Waals surface area contributed by atoms with Gasteiger partial charge in [0.25, 0.3) is 0 Å². The van der Waals surface area contributed by atoms with Gasteiger partial charge in [-0.3, -0.25) is 0 Å². The average Bonchev–Trinajstić information content (AvgIpc) is 3.27. The molecule has 0 bridgehead atoms. The molecular formula is C16H12F2O3. The van der Waals surface area contributed by atoms with Crippen molar-refractivity contribution < 1.29 is 23.0 Å². The highest BCUT2D eigenvalue weighted by Crippen LogP contribution is 2.52. The quantitative estimate of drug-likeness (QED) is 0.644. The Kier molecular flexibility index (Phi) is 3.22. The van der Waals surface area contributed by atoms with Crippen molar-refractivity contribution in [3.05, 3.63) is 71.3 Å². The molecule has 0 amide bonds. The number of carbonyl (C=O) groups is 1. The van der Waals surface area contributed by atoms with Gasteiger partial charge in [0.05, 0.1) is 7.11 Å². The highest BCUT2D eigenvalue weighted by Gasteiger charge is 2.64. The summed E-state index contributed by atoms with van der Waals surface area (Å²) < 4.78 is 36.9. The Morgan fingerprint density at radius 3 is 2.43 bits per heavy atom. The van der Waals surface area contributed by atoms with Gasteiger partial charge in [0.2, 0.25) is 0 Å². The van der Waals surface area contributed by atoms with Crippen molar-refractivity contribution in [2.24, 2.45) is 0 Å². The molecule has 0 aromatic heterocycles. The summed E-state index contributed by atoms with van der Waals surface area (Å²) in [5.74, 6) is -2.48. The summed E-state index contributed by atoms with van der Waals surface area (Å²) in [5, 5.41) is 0. The molecule has 0 spiro atoms. The van der Waals surface area contributed by atoms with Crippen molar-refractivity contribution in [1.29, 1.82) is 0 Å². The smallest absolute Gasteiger partial charge is 0.338 e. The minimum absolute atomic E-state index is 0.378. The summed E-state index contributed by atoms with van der Waals surface area (Å²) in [4.78, 5) is 11.8. The Hall–Kier alpha value is -2.27. The molecule has 2 aromatic rings. The molecule has 0 saturated carbocycles. The van der Waals surface area contributed by atoms with Crippen molar-refractivity contribution in [2.45, 2.75) is 11.7 Å². The van der Waals surface area contributed by atoms with Crippen LogP contribution in [-0.4, -0.2) is 19.2 Å². The third-order valence-electron chi connectivity index (χ3n) is 3.58. The van der Waals surface area contributed by atoms with E-state index in [9.17, 15) is 13.6 Å². The number of carbonyl (C=O) groups excluding carboxylic acids is 1. The molecule has 108 valence electrons. The normalized spacial score (nSPS) is 23.7. The lowest BCUT2D eigenvalue weighted by Crippen LogP contribution is -2.22. The van der Waals surface area contributed by atoms with Crippen LogP contribution in [0.5, 0.6) is 0 Å². The van der Waals surface area contributed by atoms with Crippen molar-refractivity contribution in [1.82, 2.24) is 0 Å². The van der Waals surface area contributed by atoms with Crippen LogP contribution in [0.15, 0.2) is 48.5 Å². The molecule has 0 aliphatic carbocycles. The van der Waals surface area contributed by atoms with Crippen LogP contribution in [0.2, 0.25) is 0 Å². The van der Waals surface area contributed by atoms with Gasteiger partial charge in [-0.25, -0.2) is 13.6 Å². The third-order valence-corrected chi connectivity index (χ3v) is 3.58. The second kappa shape index (κ2) is 4.93. The molecule has 3 rings (SSSR count). The van der Waals surface area contributed by atoms with Gasteiger partial charge in [-0.2, -0.15) is 0 Å². The third kappa shape index (κ3) is 2.10. The predicted octanol–water partition coefficient (Wildman–Crippen LogP) is 2.78. The molecule has 5 heteroatoms. The van der Waals surface area contributed by atoms with Crippen LogP contribution in [0.4, 0.5) is 8.78 Å². The van der Waals surface area contributed by atoms with Gasteiger partial charge in [-0.15, -0.1) is 0 Å². The highest BCUT2D eigenvalue weighted by atomic mass is 19.2. The number of hydrogen-bond donors (Lipinski definition) is 0. The van der Waals surface area contributed by atoms with E-state index in [1.165, 1.54) is 13.2 Å². The molecule has 1 heterocycles. The maximum absolute atomic E-state index is 13.5. The van der Waals surface area contributed by atoms with Crippen LogP contribution in [0.1, 0.15) is 11.1 Å². The van der Waals surface area contributed by atoms with Gasteiger partial charge in [0, 0.05) is 0 Å². The zero-order chi connectivity index (χ0) is 15.0. The summed E-state index contributed by atoms with van der Waals surface area (Å²) in [7, 11) is 1.25. The second-order valence-corrected chi connectivity index (χ2v) is 4.75. The first kappa shape index (κ1) is 13.7. The number of esters is 1. The van der Waals surface area contributed by atoms with E-state index in [-0.39, 0.29) is 0 Å². The zero-order valence-electron chi connectivity index (χ0n) is 11.2. The van der Waals surface area contributed by atoms with Gasteiger partial charge in [-0.05, 0) is 23.3 Å². The molecule has 0 radical (unpaired) electrons. The van der Waals surface area contributed by atoms with E-state index in [2.05, 4.69) is 0 Å². The Morgan fingerprint density at radius 2 is 1.81 bits per heavy atom. The number of rotatable bonds is 3. The van der Waals surface area contributed by atoms with Crippen LogP contribution in [0, 0.1) is 11.6 Å². The Morgan fingerprint density at radius 1 is 1.10 bits per heavy atom. The van der Waals surface area contributed by atoms with Gasteiger partial charge in [-0.1, -0.05) is 36.4 Å². The monoisotopic (exact) mass is 290 g/mol. The van der Waals surface area contributed by atoms with E-state index in [4.69, 9.17) is 9.47 Å². The maximum atomic E-state index is 13.5. The largest absolute Gasteiger partial charge is 0.467 e. The summed E-state index contributed by atoms with van der Waals surface area (Å²) >= 11 is 0. The van der Waals surface area contributed by atoms with Crippen molar-refractivity contribution >= 4 is 5.97 Å². The van der Waals surface area contributed by atoms with Gasteiger partial charge < -0.3 is 9.47 Å². The standard InChI is InChI=1S/C16H12F2O3/c1-20-15(19)14-16(21-14,10-5-3-2-4-6-10)11-7-8-12(17)13(18)9-11/h2-9,14H,1H3. The number of ether oxygens (including phenoxy) is 2. The summed E-state index contributed by atoms with van der Waals surface area (Å²) in [6.07, 6.45) is -0.866. The molecular weight excluding hydrogens is 278 g/mol. The molecule has 1 saturated heterocycles. The van der Waals surface area contributed by atoms with Crippen LogP contribution >= 0.6 is 0 Å². The maximum Gasteiger partial charge on any atom is 0.338 e. The number of benzene rings is 2. The predicted molar refractivity (Wildman–Crippen MR) is 70.5 cm³/mol. The fraction of sp³-hybridized carbons (Fsp3) is 0.188.